The molecule has 4 nitrogen and oxygen atoms in total. The van der Waals surface area contributed by atoms with Crippen LogP contribution in [0.2, 0.25) is 5.02 Å². The Kier molecular flexibility index (Phi) is 2.60. The average molecular weight is 263 g/mol. The fourth-order valence-corrected chi connectivity index (χ4v) is 1.84. The summed E-state index contributed by atoms with van der Waals surface area (Å²) in [5.41, 5.74) is 0.697. The van der Waals surface area contributed by atoms with E-state index in [4.69, 9.17) is 11.6 Å². The molecule has 0 saturated heterocycles. The molecule has 0 radical (unpaired) electrons. The molecule has 6 heteroatoms. The molecule has 0 aliphatic carbocycles. The van der Waals surface area contributed by atoms with E-state index in [2.05, 4.69) is 15.3 Å². The molecule has 3 aromatic rings. The number of hydrogen-bond donors (Lipinski definition) is 1. The molecule has 0 amide bonds. The zero-order chi connectivity index (χ0) is 12.5. The number of hydrogen-bond acceptors (Lipinski definition) is 3. The maximum Gasteiger partial charge on any atom is 0.235 e. The molecule has 0 unspecified atom stereocenters. The second-order valence-corrected chi connectivity index (χ2v) is 4.09. The lowest BCUT2D eigenvalue weighted by molar-refractivity contribution is 0.628. The highest BCUT2D eigenvalue weighted by atomic mass is 35.5. The summed E-state index contributed by atoms with van der Waals surface area (Å²) in [4.78, 5) is 8.18. The number of nitrogens with one attached hydrogen (secondary N) is 1. The van der Waals surface area contributed by atoms with Gasteiger partial charge in [0, 0.05) is 24.3 Å². The summed E-state index contributed by atoms with van der Waals surface area (Å²) in [6, 6.07) is 6.26. The fraction of sp³-hybridized carbons (Fsp3) is 0. The Bertz CT molecular complexity index is 710. The summed E-state index contributed by atoms with van der Waals surface area (Å²) in [6.07, 6.45) is 5.09. The molecule has 1 aromatic carbocycles. The third kappa shape index (κ3) is 1.89. The number of rotatable bonds is 2. The molecule has 2 aromatic heterocycles. The zero-order valence-corrected chi connectivity index (χ0v) is 9.89. The van der Waals surface area contributed by atoms with Crippen molar-refractivity contribution in [2.45, 2.75) is 0 Å². The van der Waals surface area contributed by atoms with Crippen molar-refractivity contribution in [3.63, 3.8) is 0 Å². The normalized spacial score (nSPS) is 10.8. The summed E-state index contributed by atoms with van der Waals surface area (Å²) >= 11 is 5.73. The lowest BCUT2D eigenvalue weighted by Gasteiger charge is -2.08. The number of anilines is 2. The van der Waals surface area contributed by atoms with Crippen LogP contribution < -0.4 is 5.32 Å². The fourth-order valence-electron chi connectivity index (χ4n) is 1.66. The van der Waals surface area contributed by atoms with E-state index < -0.39 is 5.82 Å². The van der Waals surface area contributed by atoms with Gasteiger partial charge in [0.2, 0.25) is 5.78 Å². The first-order valence-corrected chi connectivity index (χ1v) is 5.62. The van der Waals surface area contributed by atoms with Gasteiger partial charge in [-0.05, 0) is 24.3 Å². The highest BCUT2D eigenvalue weighted by Gasteiger charge is 2.04. The maximum atomic E-state index is 13.1. The summed E-state index contributed by atoms with van der Waals surface area (Å²) in [6.45, 7) is 0. The lowest BCUT2D eigenvalue weighted by Crippen LogP contribution is -1.99. The van der Waals surface area contributed by atoms with Crippen molar-refractivity contribution >= 4 is 28.9 Å². The summed E-state index contributed by atoms with van der Waals surface area (Å²) in [7, 11) is 0. The van der Waals surface area contributed by atoms with Crippen LogP contribution in [0.25, 0.3) is 5.78 Å². The van der Waals surface area contributed by atoms with Crippen molar-refractivity contribution < 1.29 is 4.39 Å². The molecular formula is C12H8ClFN4. The van der Waals surface area contributed by atoms with Crippen molar-refractivity contribution in [2.24, 2.45) is 0 Å². The van der Waals surface area contributed by atoms with Crippen LogP contribution in [0.5, 0.6) is 0 Å². The second kappa shape index (κ2) is 4.27. The number of aromatic nitrogens is 3. The monoisotopic (exact) mass is 262 g/mol. The van der Waals surface area contributed by atoms with Gasteiger partial charge in [-0.2, -0.15) is 0 Å². The summed E-state index contributed by atoms with van der Waals surface area (Å²) in [5, 5.41) is 3.21. The number of nitrogens with zero attached hydrogens (tertiary/aromatic N) is 3. The molecule has 18 heavy (non-hydrogen) atoms. The van der Waals surface area contributed by atoms with Gasteiger partial charge < -0.3 is 5.32 Å². The highest BCUT2D eigenvalue weighted by Crippen LogP contribution is 2.22. The quantitative estimate of drug-likeness (QED) is 0.771. The van der Waals surface area contributed by atoms with Crippen molar-refractivity contribution in [3.05, 3.63) is 53.7 Å². The van der Waals surface area contributed by atoms with Gasteiger partial charge in [-0.15, -0.1) is 0 Å². The van der Waals surface area contributed by atoms with E-state index in [0.29, 0.717) is 11.5 Å². The minimum atomic E-state index is -0.440. The van der Waals surface area contributed by atoms with E-state index in [0.717, 1.165) is 5.82 Å². The lowest BCUT2D eigenvalue weighted by atomic mass is 10.3. The van der Waals surface area contributed by atoms with E-state index in [1.165, 1.54) is 12.1 Å². The predicted molar refractivity (Wildman–Crippen MR) is 67.7 cm³/mol. The average Bonchev–Trinajstić information content (AvgIpc) is 2.83. The molecule has 1 N–H and O–H groups in total. The molecular weight excluding hydrogens is 255 g/mol. The van der Waals surface area contributed by atoms with Crippen LogP contribution in [0.4, 0.5) is 15.9 Å². The number of benzene rings is 1. The molecule has 0 aliphatic rings. The summed E-state index contributed by atoms with van der Waals surface area (Å²) < 4.78 is 14.8. The van der Waals surface area contributed by atoms with E-state index in [1.54, 1.807) is 35.1 Å². The molecule has 0 spiro atoms. The topological polar surface area (TPSA) is 42.2 Å². The van der Waals surface area contributed by atoms with E-state index in [-0.39, 0.29) is 5.02 Å². The Morgan fingerprint density at radius 2 is 2.00 bits per heavy atom. The van der Waals surface area contributed by atoms with Gasteiger partial charge in [0.05, 0.1) is 5.02 Å². The van der Waals surface area contributed by atoms with Gasteiger partial charge in [0.1, 0.15) is 11.6 Å². The highest BCUT2D eigenvalue weighted by molar-refractivity contribution is 6.31. The third-order valence-electron chi connectivity index (χ3n) is 2.50. The predicted octanol–water partition coefficient (Wildman–Crippen LogP) is 3.27. The van der Waals surface area contributed by atoms with Crippen LogP contribution in [-0.4, -0.2) is 14.4 Å². The molecule has 90 valence electrons. The van der Waals surface area contributed by atoms with Crippen LogP contribution in [0.3, 0.4) is 0 Å². The molecule has 2 heterocycles. The van der Waals surface area contributed by atoms with Crippen LogP contribution in [0.1, 0.15) is 0 Å². The number of imidazole rings is 1. The molecule has 3 rings (SSSR count). The summed E-state index contributed by atoms with van der Waals surface area (Å²) in [5.74, 6) is 0.929. The Balaban J connectivity index is 2.01. The number of fused-ring (bicyclic) bond motifs is 1. The van der Waals surface area contributed by atoms with Gasteiger partial charge in [0.15, 0.2) is 0 Å². The van der Waals surface area contributed by atoms with Gasteiger partial charge in [-0.1, -0.05) is 11.6 Å². The minimum absolute atomic E-state index is 0.0796. The van der Waals surface area contributed by atoms with Gasteiger partial charge in [0.25, 0.3) is 0 Å². The van der Waals surface area contributed by atoms with Crippen LogP contribution in [0.15, 0.2) is 42.9 Å². The van der Waals surface area contributed by atoms with Gasteiger partial charge in [-0.25, -0.2) is 14.4 Å². The molecule has 0 fully saturated rings. The van der Waals surface area contributed by atoms with Crippen LogP contribution in [0, 0.1) is 5.82 Å². The Labute approximate surface area is 107 Å². The molecule has 0 aliphatic heterocycles. The maximum absolute atomic E-state index is 13.1. The molecule has 0 atom stereocenters. The van der Waals surface area contributed by atoms with Crippen molar-refractivity contribution in [1.82, 2.24) is 14.4 Å². The van der Waals surface area contributed by atoms with Crippen LogP contribution >= 0.6 is 11.6 Å². The first-order chi connectivity index (χ1) is 8.74. The van der Waals surface area contributed by atoms with Gasteiger partial charge in [-0.3, -0.25) is 4.40 Å². The van der Waals surface area contributed by atoms with Crippen LogP contribution in [-0.2, 0) is 0 Å². The van der Waals surface area contributed by atoms with Crippen molar-refractivity contribution in [1.29, 1.82) is 0 Å². The molecule has 0 bridgehead atoms. The standard InChI is InChI=1S/C12H8ClFN4/c13-9-7-8(1-2-10(9)14)17-11-3-4-15-12-16-5-6-18(11)12/h1-7,17H. The Morgan fingerprint density at radius 1 is 1.17 bits per heavy atom. The van der Waals surface area contributed by atoms with E-state index in [9.17, 15) is 4.39 Å². The first-order valence-electron chi connectivity index (χ1n) is 5.24. The van der Waals surface area contributed by atoms with Crippen molar-refractivity contribution in [2.75, 3.05) is 5.32 Å². The SMILES string of the molecule is Fc1ccc(Nc2ccnc3nccn23)cc1Cl. The second-order valence-electron chi connectivity index (χ2n) is 3.68. The first kappa shape index (κ1) is 11.0. The van der Waals surface area contributed by atoms with Gasteiger partial charge >= 0.3 is 0 Å². The number of halogens is 2. The van der Waals surface area contributed by atoms with E-state index in [1.807, 2.05) is 0 Å². The molecule has 0 saturated carbocycles. The largest absolute Gasteiger partial charge is 0.341 e. The Morgan fingerprint density at radius 3 is 2.83 bits per heavy atom. The van der Waals surface area contributed by atoms with E-state index >= 15 is 0 Å². The smallest absolute Gasteiger partial charge is 0.235 e. The zero-order valence-electron chi connectivity index (χ0n) is 9.14. The minimum Gasteiger partial charge on any atom is -0.341 e. The van der Waals surface area contributed by atoms with Crippen molar-refractivity contribution in [3.8, 4) is 0 Å². The Hall–Kier alpha value is -2.14. The third-order valence-corrected chi connectivity index (χ3v) is 2.78.